The van der Waals surface area contributed by atoms with Crippen LogP contribution >= 0.6 is 0 Å². The lowest BCUT2D eigenvalue weighted by atomic mass is 9.96. The second-order valence-electron chi connectivity index (χ2n) is 7.93. The molecule has 0 bridgehead atoms. The van der Waals surface area contributed by atoms with E-state index in [0.29, 0.717) is 5.92 Å². The van der Waals surface area contributed by atoms with Gasteiger partial charge in [-0.05, 0) is 50.9 Å². The van der Waals surface area contributed by atoms with Crippen LogP contribution in [0, 0.1) is 6.92 Å². The van der Waals surface area contributed by atoms with Crippen molar-refractivity contribution in [3.8, 4) is 0 Å². The number of aromatic nitrogens is 5. The molecule has 0 unspecified atom stereocenters. The van der Waals surface area contributed by atoms with Crippen LogP contribution in [0.5, 0.6) is 0 Å². The summed E-state index contributed by atoms with van der Waals surface area (Å²) in [6, 6.07) is 4.12. The first kappa shape index (κ1) is 17.6. The molecule has 148 valence electrons. The molecule has 0 spiro atoms. The summed E-state index contributed by atoms with van der Waals surface area (Å²) in [5.41, 5.74) is 0.848. The van der Waals surface area contributed by atoms with Gasteiger partial charge in [0, 0.05) is 38.9 Å². The van der Waals surface area contributed by atoms with Crippen LogP contribution in [0.4, 0.5) is 5.82 Å². The highest BCUT2D eigenvalue weighted by Crippen LogP contribution is 2.28. The monoisotopic (exact) mass is 381 g/mol. The van der Waals surface area contributed by atoms with Crippen molar-refractivity contribution in [1.82, 2.24) is 29.7 Å². The summed E-state index contributed by atoms with van der Waals surface area (Å²) >= 11 is 0. The van der Waals surface area contributed by atoms with E-state index in [1.807, 2.05) is 23.7 Å². The summed E-state index contributed by atoms with van der Waals surface area (Å²) in [6.07, 6.45) is 7.44. The standard InChI is InChI=1S/C20H27N7O/c1-15-21-14-17(28-15)8-13-25-11-6-16(7-12-25)20-23-22-18-4-5-19(24-27(18)20)26-9-2-3-10-26/h4-5,14,16H,2-3,6-13H2,1H3. The van der Waals surface area contributed by atoms with Gasteiger partial charge in [0.2, 0.25) is 0 Å². The first-order chi connectivity index (χ1) is 13.8. The van der Waals surface area contributed by atoms with Gasteiger partial charge in [-0.2, -0.15) is 4.52 Å². The molecule has 0 aliphatic carbocycles. The zero-order valence-corrected chi connectivity index (χ0v) is 16.4. The van der Waals surface area contributed by atoms with E-state index in [1.165, 1.54) is 12.8 Å². The van der Waals surface area contributed by atoms with Crippen LogP contribution in [0.2, 0.25) is 0 Å². The Balaban J connectivity index is 1.24. The number of nitrogens with zero attached hydrogens (tertiary/aromatic N) is 7. The Hall–Kier alpha value is -2.48. The number of oxazole rings is 1. The average molecular weight is 381 g/mol. The molecule has 0 aromatic carbocycles. The first-order valence-electron chi connectivity index (χ1n) is 10.4. The molecule has 0 radical (unpaired) electrons. The van der Waals surface area contributed by atoms with Crippen molar-refractivity contribution < 1.29 is 4.42 Å². The maximum absolute atomic E-state index is 5.58. The van der Waals surface area contributed by atoms with Crippen molar-refractivity contribution in [2.24, 2.45) is 0 Å². The summed E-state index contributed by atoms with van der Waals surface area (Å²) in [4.78, 5) is 9.04. The smallest absolute Gasteiger partial charge is 0.191 e. The highest BCUT2D eigenvalue weighted by Gasteiger charge is 2.25. The number of likely N-dealkylation sites (tertiary alicyclic amines) is 1. The van der Waals surface area contributed by atoms with Gasteiger partial charge in [0.1, 0.15) is 11.6 Å². The van der Waals surface area contributed by atoms with Crippen LogP contribution in [0.25, 0.3) is 5.65 Å². The number of piperidine rings is 1. The van der Waals surface area contributed by atoms with E-state index >= 15 is 0 Å². The predicted molar refractivity (Wildman–Crippen MR) is 106 cm³/mol. The van der Waals surface area contributed by atoms with Gasteiger partial charge in [0.05, 0.1) is 6.20 Å². The number of fused-ring (bicyclic) bond motifs is 1. The highest BCUT2D eigenvalue weighted by molar-refractivity contribution is 5.46. The van der Waals surface area contributed by atoms with Gasteiger partial charge in [0.25, 0.3) is 0 Å². The maximum atomic E-state index is 5.58. The summed E-state index contributed by atoms with van der Waals surface area (Å²) in [7, 11) is 0. The molecule has 0 N–H and O–H groups in total. The van der Waals surface area contributed by atoms with Crippen LogP contribution in [0.1, 0.15) is 49.1 Å². The molecule has 2 aliphatic heterocycles. The molecule has 8 heteroatoms. The SMILES string of the molecule is Cc1ncc(CCN2CCC(c3nnc4ccc(N5CCCC5)nn34)CC2)o1. The van der Waals surface area contributed by atoms with Crippen molar-refractivity contribution in [2.75, 3.05) is 37.6 Å². The van der Waals surface area contributed by atoms with Crippen LogP contribution in [0.15, 0.2) is 22.7 Å². The largest absolute Gasteiger partial charge is 0.446 e. The molecule has 2 saturated heterocycles. The molecule has 5 rings (SSSR count). The Morgan fingerprint density at radius 1 is 1.07 bits per heavy atom. The fraction of sp³-hybridized carbons (Fsp3) is 0.600. The summed E-state index contributed by atoms with van der Waals surface area (Å²) in [6.45, 7) is 7.23. The van der Waals surface area contributed by atoms with E-state index in [0.717, 1.165) is 80.9 Å². The van der Waals surface area contributed by atoms with E-state index < -0.39 is 0 Å². The molecular formula is C20H27N7O. The van der Waals surface area contributed by atoms with Gasteiger partial charge in [-0.1, -0.05) is 0 Å². The minimum atomic E-state index is 0.417. The lowest BCUT2D eigenvalue weighted by Gasteiger charge is -2.30. The third-order valence-corrected chi connectivity index (χ3v) is 6.00. The highest BCUT2D eigenvalue weighted by atomic mass is 16.3. The number of aryl methyl sites for hydroxylation is 1. The molecule has 0 saturated carbocycles. The zero-order chi connectivity index (χ0) is 18.9. The van der Waals surface area contributed by atoms with E-state index in [9.17, 15) is 0 Å². The van der Waals surface area contributed by atoms with Gasteiger partial charge in [-0.3, -0.25) is 0 Å². The van der Waals surface area contributed by atoms with Gasteiger partial charge in [-0.15, -0.1) is 15.3 Å². The Labute approximate surface area is 164 Å². The van der Waals surface area contributed by atoms with Crippen molar-refractivity contribution in [3.05, 3.63) is 35.8 Å². The van der Waals surface area contributed by atoms with E-state index in [2.05, 4.69) is 31.0 Å². The topological polar surface area (TPSA) is 75.6 Å². The van der Waals surface area contributed by atoms with E-state index in [4.69, 9.17) is 9.52 Å². The molecule has 3 aromatic heterocycles. The Kier molecular flexibility index (Phi) is 4.72. The van der Waals surface area contributed by atoms with Crippen molar-refractivity contribution in [2.45, 2.75) is 44.9 Å². The van der Waals surface area contributed by atoms with Crippen LogP contribution in [-0.2, 0) is 6.42 Å². The zero-order valence-electron chi connectivity index (χ0n) is 16.4. The van der Waals surface area contributed by atoms with Crippen LogP contribution < -0.4 is 4.90 Å². The Bertz CT molecular complexity index is 935. The van der Waals surface area contributed by atoms with Crippen LogP contribution in [0.3, 0.4) is 0 Å². The molecule has 28 heavy (non-hydrogen) atoms. The maximum Gasteiger partial charge on any atom is 0.191 e. The number of hydrogen-bond donors (Lipinski definition) is 0. The normalized spacial score (nSPS) is 19.1. The minimum absolute atomic E-state index is 0.417. The quantitative estimate of drug-likeness (QED) is 0.672. The lowest BCUT2D eigenvalue weighted by Crippen LogP contribution is -2.35. The molecule has 2 aliphatic rings. The molecular weight excluding hydrogens is 354 g/mol. The minimum Gasteiger partial charge on any atom is -0.446 e. The molecule has 3 aromatic rings. The molecule has 5 heterocycles. The Morgan fingerprint density at radius 3 is 2.64 bits per heavy atom. The first-order valence-corrected chi connectivity index (χ1v) is 10.4. The second kappa shape index (κ2) is 7.50. The predicted octanol–water partition coefficient (Wildman–Crippen LogP) is 2.44. The lowest BCUT2D eigenvalue weighted by molar-refractivity contribution is 0.207. The number of anilines is 1. The fourth-order valence-corrected chi connectivity index (χ4v) is 4.37. The van der Waals surface area contributed by atoms with Crippen molar-refractivity contribution in [3.63, 3.8) is 0 Å². The Morgan fingerprint density at radius 2 is 1.89 bits per heavy atom. The van der Waals surface area contributed by atoms with Crippen LogP contribution in [-0.4, -0.2) is 62.4 Å². The second-order valence-corrected chi connectivity index (χ2v) is 7.93. The van der Waals surface area contributed by atoms with Gasteiger partial charge in [-0.25, -0.2) is 4.98 Å². The summed E-state index contributed by atoms with van der Waals surface area (Å²) in [5.74, 6) is 4.20. The average Bonchev–Trinajstić information content (AvgIpc) is 3.47. The molecule has 0 amide bonds. The third-order valence-electron chi connectivity index (χ3n) is 6.00. The molecule has 8 nitrogen and oxygen atoms in total. The van der Waals surface area contributed by atoms with Gasteiger partial charge >= 0.3 is 0 Å². The van der Waals surface area contributed by atoms with E-state index in [1.54, 1.807) is 0 Å². The molecule has 2 fully saturated rings. The number of rotatable bonds is 5. The summed E-state index contributed by atoms with van der Waals surface area (Å²) < 4.78 is 7.56. The van der Waals surface area contributed by atoms with Gasteiger partial charge in [0.15, 0.2) is 17.4 Å². The number of hydrogen-bond acceptors (Lipinski definition) is 7. The fourth-order valence-electron chi connectivity index (χ4n) is 4.37. The summed E-state index contributed by atoms with van der Waals surface area (Å²) in [5, 5.41) is 13.7. The third kappa shape index (κ3) is 3.48. The van der Waals surface area contributed by atoms with Crippen molar-refractivity contribution >= 4 is 11.5 Å². The van der Waals surface area contributed by atoms with Crippen molar-refractivity contribution in [1.29, 1.82) is 0 Å². The van der Waals surface area contributed by atoms with E-state index in [-0.39, 0.29) is 0 Å². The van der Waals surface area contributed by atoms with Gasteiger partial charge < -0.3 is 14.2 Å². The molecule has 0 atom stereocenters.